The van der Waals surface area contributed by atoms with Crippen molar-refractivity contribution in [3.63, 3.8) is 0 Å². The third kappa shape index (κ3) is 4.34. The summed E-state index contributed by atoms with van der Waals surface area (Å²) >= 11 is 0. The van der Waals surface area contributed by atoms with Crippen molar-refractivity contribution >= 4 is 17.6 Å². The number of benzene rings is 2. The van der Waals surface area contributed by atoms with Gasteiger partial charge < -0.3 is 20.7 Å². The summed E-state index contributed by atoms with van der Waals surface area (Å²) in [4.78, 5) is 24.9. The summed E-state index contributed by atoms with van der Waals surface area (Å²) in [5.41, 5.74) is 0.0946. The lowest BCUT2D eigenvalue weighted by molar-refractivity contribution is -0.137. The Bertz CT molecular complexity index is 986. The second-order valence-electron chi connectivity index (χ2n) is 6.34. The van der Waals surface area contributed by atoms with Crippen molar-refractivity contribution in [3.05, 3.63) is 70.9 Å². The standard InChI is InChI=1S/C20H18F3N3O3/c1-11-16(18(27)25-13-7-5-6-12(10-13)20(21,22)23)17(26-19(28)24-11)14-8-3-4-9-15(14)29-2/h3-10,17H,1-2H3,(H,25,27)(H2,24,26,28)/t17-/m1/s1. The number of carbonyl (C=O) groups excluding carboxylic acids is 2. The highest BCUT2D eigenvalue weighted by molar-refractivity contribution is 6.06. The van der Waals surface area contributed by atoms with E-state index in [2.05, 4.69) is 16.0 Å². The van der Waals surface area contributed by atoms with Crippen LogP contribution < -0.4 is 20.7 Å². The summed E-state index contributed by atoms with van der Waals surface area (Å²) in [5, 5.41) is 7.66. The van der Waals surface area contributed by atoms with Gasteiger partial charge in [-0.2, -0.15) is 13.2 Å². The Morgan fingerprint density at radius 3 is 2.55 bits per heavy atom. The largest absolute Gasteiger partial charge is 0.496 e. The fourth-order valence-electron chi connectivity index (χ4n) is 3.10. The zero-order valence-corrected chi connectivity index (χ0v) is 15.6. The molecule has 1 aliphatic rings. The number of ether oxygens (including phenoxy) is 1. The molecule has 1 heterocycles. The van der Waals surface area contributed by atoms with Gasteiger partial charge in [0.1, 0.15) is 5.75 Å². The van der Waals surface area contributed by atoms with E-state index >= 15 is 0 Å². The molecule has 0 saturated carbocycles. The van der Waals surface area contributed by atoms with E-state index in [-0.39, 0.29) is 17.0 Å². The number of hydrogen-bond donors (Lipinski definition) is 3. The van der Waals surface area contributed by atoms with Gasteiger partial charge >= 0.3 is 12.2 Å². The first-order valence-corrected chi connectivity index (χ1v) is 8.60. The molecule has 3 rings (SSSR count). The van der Waals surface area contributed by atoms with Crippen molar-refractivity contribution in [3.8, 4) is 5.75 Å². The number of amides is 3. The Morgan fingerprint density at radius 2 is 1.86 bits per heavy atom. The van der Waals surface area contributed by atoms with E-state index in [1.165, 1.54) is 19.2 Å². The molecule has 0 unspecified atom stereocenters. The molecule has 9 heteroatoms. The maximum absolute atomic E-state index is 12.9. The SMILES string of the molecule is COc1ccccc1[C@H]1NC(=O)NC(C)=C1C(=O)Nc1cccc(C(F)(F)F)c1. The fourth-order valence-corrected chi connectivity index (χ4v) is 3.10. The van der Waals surface area contributed by atoms with Gasteiger partial charge in [-0.25, -0.2) is 4.79 Å². The number of para-hydroxylation sites is 1. The van der Waals surface area contributed by atoms with Crippen LogP contribution in [-0.2, 0) is 11.0 Å². The van der Waals surface area contributed by atoms with Gasteiger partial charge in [0.25, 0.3) is 5.91 Å². The number of methoxy groups -OCH3 is 1. The number of urea groups is 1. The molecule has 2 aromatic carbocycles. The number of anilines is 1. The predicted octanol–water partition coefficient (Wildman–Crippen LogP) is 3.98. The van der Waals surface area contributed by atoms with Crippen LogP contribution in [0.2, 0.25) is 0 Å². The summed E-state index contributed by atoms with van der Waals surface area (Å²) in [6.45, 7) is 1.54. The lowest BCUT2D eigenvalue weighted by Crippen LogP contribution is -2.46. The van der Waals surface area contributed by atoms with Crippen molar-refractivity contribution in [1.82, 2.24) is 10.6 Å². The van der Waals surface area contributed by atoms with Crippen LogP contribution in [0.5, 0.6) is 5.75 Å². The van der Waals surface area contributed by atoms with E-state index in [1.807, 2.05) is 0 Å². The van der Waals surface area contributed by atoms with Crippen LogP contribution >= 0.6 is 0 Å². The molecule has 1 aliphatic heterocycles. The van der Waals surface area contributed by atoms with E-state index in [1.54, 1.807) is 31.2 Å². The molecular formula is C20H18F3N3O3. The molecule has 0 aromatic heterocycles. The van der Waals surface area contributed by atoms with Crippen LogP contribution in [0.4, 0.5) is 23.7 Å². The normalized spacial score (nSPS) is 16.7. The van der Waals surface area contributed by atoms with E-state index in [0.717, 1.165) is 12.1 Å². The molecule has 1 atom stereocenters. The zero-order valence-electron chi connectivity index (χ0n) is 15.6. The molecule has 0 fully saturated rings. The van der Waals surface area contributed by atoms with E-state index in [9.17, 15) is 22.8 Å². The molecule has 0 radical (unpaired) electrons. The Kier molecular flexibility index (Phi) is 5.49. The molecular weight excluding hydrogens is 387 g/mol. The highest BCUT2D eigenvalue weighted by atomic mass is 19.4. The fraction of sp³-hybridized carbons (Fsp3) is 0.200. The number of carbonyl (C=O) groups is 2. The summed E-state index contributed by atoms with van der Waals surface area (Å²) in [6.07, 6.45) is -4.53. The van der Waals surface area contributed by atoms with Gasteiger partial charge in [-0.05, 0) is 31.2 Å². The number of hydrogen-bond acceptors (Lipinski definition) is 3. The molecule has 3 amide bonds. The molecule has 0 spiro atoms. The Labute approximate surface area is 164 Å². The zero-order chi connectivity index (χ0) is 21.2. The second kappa shape index (κ2) is 7.86. The molecule has 0 bridgehead atoms. The van der Waals surface area contributed by atoms with Crippen LogP contribution in [0.15, 0.2) is 59.8 Å². The highest BCUT2D eigenvalue weighted by Gasteiger charge is 2.34. The third-order valence-corrected chi connectivity index (χ3v) is 4.41. The van der Waals surface area contributed by atoms with Gasteiger partial charge in [-0.3, -0.25) is 4.79 Å². The van der Waals surface area contributed by atoms with Crippen LogP contribution in [0.25, 0.3) is 0 Å². The van der Waals surface area contributed by atoms with Crippen LogP contribution in [0, 0.1) is 0 Å². The first-order valence-electron chi connectivity index (χ1n) is 8.60. The van der Waals surface area contributed by atoms with Crippen molar-refractivity contribution < 1.29 is 27.5 Å². The van der Waals surface area contributed by atoms with Crippen LogP contribution in [0.1, 0.15) is 24.1 Å². The van der Waals surface area contributed by atoms with Gasteiger partial charge in [0.15, 0.2) is 0 Å². The summed E-state index contributed by atoms with van der Waals surface area (Å²) < 4.78 is 44.1. The number of allylic oxidation sites excluding steroid dienone is 1. The minimum atomic E-state index is -4.53. The summed E-state index contributed by atoms with van der Waals surface area (Å²) in [6, 6.07) is 9.82. The maximum atomic E-state index is 12.9. The topological polar surface area (TPSA) is 79.5 Å². The lowest BCUT2D eigenvalue weighted by atomic mass is 9.94. The van der Waals surface area contributed by atoms with Gasteiger partial charge in [0.05, 0.1) is 24.3 Å². The first-order chi connectivity index (χ1) is 13.7. The molecule has 152 valence electrons. The van der Waals surface area contributed by atoms with Crippen LogP contribution in [-0.4, -0.2) is 19.0 Å². The van der Waals surface area contributed by atoms with Gasteiger partial charge in [0.2, 0.25) is 0 Å². The summed E-state index contributed by atoms with van der Waals surface area (Å²) in [5.74, 6) is -0.193. The van der Waals surface area contributed by atoms with Crippen molar-refractivity contribution in [2.75, 3.05) is 12.4 Å². The van der Waals surface area contributed by atoms with Gasteiger partial charge in [-0.15, -0.1) is 0 Å². The average Bonchev–Trinajstić information content (AvgIpc) is 2.66. The number of nitrogens with one attached hydrogen (secondary N) is 3. The molecule has 0 aliphatic carbocycles. The molecule has 6 nitrogen and oxygen atoms in total. The minimum Gasteiger partial charge on any atom is -0.496 e. The molecule has 29 heavy (non-hydrogen) atoms. The maximum Gasteiger partial charge on any atom is 0.416 e. The number of halogens is 3. The van der Waals surface area contributed by atoms with Crippen molar-refractivity contribution in [2.24, 2.45) is 0 Å². The first kappa shape index (κ1) is 20.2. The van der Waals surface area contributed by atoms with Crippen molar-refractivity contribution in [2.45, 2.75) is 19.1 Å². The smallest absolute Gasteiger partial charge is 0.416 e. The molecule has 3 N–H and O–H groups in total. The average molecular weight is 405 g/mol. The third-order valence-electron chi connectivity index (χ3n) is 4.41. The van der Waals surface area contributed by atoms with Crippen LogP contribution in [0.3, 0.4) is 0 Å². The van der Waals surface area contributed by atoms with Crippen molar-refractivity contribution in [1.29, 1.82) is 0 Å². The molecule has 0 saturated heterocycles. The predicted molar refractivity (Wildman–Crippen MR) is 100 cm³/mol. The minimum absolute atomic E-state index is 0.0131. The van der Waals surface area contributed by atoms with E-state index in [0.29, 0.717) is 11.3 Å². The number of alkyl halides is 3. The van der Waals surface area contributed by atoms with E-state index in [4.69, 9.17) is 4.74 Å². The van der Waals surface area contributed by atoms with E-state index < -0.39 is 29.7 Å². The second-order valence-corrected chi connectivity index (χ2v) is 6.34. The van der Waals surface area contributed by atoms with Gasteiger partial charge in [-0.1, -0.05) is 24.3 Å². The Hall–Kier alpha value is -3.49. The summed E-state index contributed by atoms with van der Waals surface area (Å²) in [7, 11) is 1.46. The monoisotopic (exact) mass is 405 g/mol. The Morgan fingerprint density at radius 1 is 1.14 bits per heavy atom. The molecule has 2 aromatic rings. The highest BCUT2D eigenvalue weighted by Crippen LogP contribution is 2.34. The Balaban J connectivity index is 1.97. The van der Waals surface area contributed by atoms with Gasteiger partial charge in [0, 0.05) is 16.9 Å². The quantitative estimate of drug-likeness (QED) is 0.720. The number of rotatable bonds is 4. The lowest BCUT2D eigenvalue weighted by Gasteiger charge is -2.29.